The third-order valence-corrected chi connectivity index (χ3v) is 4.29. The standard InChI is InChI=1S/C16H10ClF2N3OS/c17-11-8-13(19)12(18)7-10(11)15(23)20-16-22-21-14(24-16)6-9-4-2-1-3-5-9/h1-5,7-8H,6H2,(H,20,22,23). The van der Waals surface area contributed by atoms with E-state index in [1.54, 1.807) is 0 Å². The second-order valence-corrected chi connectivity index (χ2v) is 6.33. The van der Waals surface area contributed by atoms with E-state index in [1.165, 1.54) is 11.3 Å². The maximum atomic E-state index is 13.3. The van der Waals surface area contributed by atoms with Gasteiger partial charge in [-0.15, -0.1) is 10.2 Å². The average Bonchev–Trinajstić information content (AvgIpc) is 2.98. The van der Waals surface area contributed by atoms with E-state index in [1.807, 2.05) is 30.3 Å². The number of rotatable bonds is 4. The number of anilines is 1. The molecule has 24 heavy (non-hydrogen) atoms. The normalized spacial score (nSPS) is 10.6. The molecular weight excluding hydrogens is 356 g/mol. The van der Waals surface area contributed by atoms with Crippen LogP contribution < -0.4 is 5.32 Å². The molecule has 0 atom stereocenters. The lowest BCUT2D eigenvalue weighted by molar-refractivity contribution is 0.102. The summed E-state index contributed by atoms with van der Waals surface area (Å²) in [5, 5.41) is 11.1. The zero-order chi connectivity index (χ0) is 17.1. The summed E-state index contributed by atoms with van der Waals surface area (Å²) >= 11 is 6.97. The third-order valence-electron chi connectivity index (χ3n) is 3.14. The molecular formula is C16H10ClF2N3OS. The molecule has 1 aromatic heterocycles. The van der Waals surface area contributed by atoms with E-state index >= 15 is 0 Å². The molecule has 8 heteroatoms. The summed E-state index contributed by atoms with van der Waals surface area (Å²) in [5.41, 5.74) is 0.894. The van der Waals surface area contributed by atoms with Gasteiger partial charge in [-0.3, -0.25) is 10.1 Å². The number of nitrogens with one attached hydrogen (secondary N) is 1. The Balaban J connectivity index is 1.73. The Morgan fingerprint density at radius 3 is 2.58 bits per heavy atom. The van der Waals surface area contributed by atoms with Gasteiger partial charge in [0.2, 0.25) is 5.13 Å². The molecule has 0 radical (unpaired) electrons. The third kappa shape index (κ3) is 3.74. The largest absolute Gasteiger partial charge is 0.296 e. The van der Waals surface area contributed by atoms with E-state index in [4.69, 9.17) is 11.6 Å². The monoisotopic (exact) mass is 365 g/mol. The fourth-order valence-corrected chi connectivity index (χ4v) is 3.01. The number of carbonyl (C=O) groups excluding carboxylic acids is 1. The van der Waals surface area contributed by atoms with Crippen LogP contribution in [0.2, 0.25) is 5.02 Å². The summed E-state index contributed by atoms with van der Waals surface area (Å²) < 4.78 is 26.3. The summed E-state index contributed by atoms with van der Waals surface area (Å²) in [6, 6.07) is 11.2. The minimum atomic E-state index is -1.15. The molecule has 0 aliphatic heterocycles. The van der Waals surface area contributed by atoms with Gasteiger partial charge in [-0.05, 0) is 17.7 Å². The van der Waals surface area contributed by atoms with E-state index in [9.17, 15) is 13.6 Å². The van der Waals surface area contributed by atoms with Crippen LogP contribution in [-0.2, 0) is 6.42 Å². The predicted molar refractivity (Wildman–Crippen MR) is 88.5 cm³/mol. The SMILES string of the molecule is O=C(Nc1nnc(Cc2ccccc2)s1)c1cc(F)c(F)cc1Cl. The number of halogens is 3. The predicted octanol–water partition coefficient (Wildman–Crippen LogP) is 4.31. The number of nitrogens with zero attached hydrogens (tertiary/aromatic N) is 2. The fourth-order valence-electron chi connectivity index (χ4n) is 2.01. The Labute approximate surface area is 145 Å². The zero-order valence-corrected chi connectivity index (χ0v) is 13.7. The first kappa shape index (κ1) is 16.5. The molecule has 0 spiro atoms. The van der Waals surface area contributed by atoms with Crippen molar-refractivity contribution >= 4 is 34.0 Å². The molecule has 0 aliphatic carbocycles. The lowest BCUT2D eigenvalue weighted by Crippen LogP contribution is -2.13. The van der Waals surface area contributed by atoms with Crippen LogP contribution in [0.5, 0.6) is 0 Å². The molecule has 3 rings (SSSR count). The minimum Gasteiger partial charge on any atom is -0.296 e. The van der Waals surface area contributed by atoms with Crippen molar-refractivity contribution in [2.45, 2.75) is 6.42 Å². The maximum absolute atomic E-state index is 13.3. The molecule has 0 bridgehead atoms. The van der Waals surface area contributed by atoms with Gasteiger partial charge in [0, 0.05) is 6.42 Å². The number of aromatic nitrogens is 2. The van der Waals surface area contributed by atoms with E-state index in [0.29, 0.717) is 11.4 Å². The van der Waals surface area contributed by atoms with Gasteiger partial charge in [0.05, 0.1) is 10.6 Å². The minimum absolute atomic E-state index is 0.171. The van der Waals surface area contributed by atoms with Gasteiger partial charge in [-0.2, -0.15) is 0 Å². The van der Waals surface area contributed by atoms with Crippen LogP contribution >= 0.6 is 22.9 Å². The van der Waals surface area contributed by atoms with Crippen LogP contribution in [-0.4, -0.2) is 16.1 Å². The molecule has 4 nitrogen and oxygen atoms in total. The summed E-state index contributed by atoms with van der Waals surface area (Å²) in [6.45, 7) is 0. The van der Waals surface area contributed by atoms with Gasteiger partial charge in [-0.25, -0.2) is 8.78 Å². The first-order chi connectivity index (χ1) is 11.5. The Morgan fingerprint density at radius 1 is 1.12 bits per heavy atom. The molecule has 0 unspecified atom stereocenters. The number of benzene rings is 2. The molecule has 1 N–H and O–H groups in total. The number of carbonyl (C=O) groups is 1. The van der Waals surface area contributed by atoms with E-state index in [-0.39, 0.29) is 15.7 Å². The molecule has 2 aromatic carbocycles. The van der Waals surface area contributed by atoms with Gasteiger partial charge in [0.25, 0.3) is 5.91 Å². The first-order valence-corrected chi connectivity index (χ1v) is 8.04. The molecule has 0 saturated carbocycles. The van der Waals surface area contributed by atoms with Crippen molar-refractivity contribution in [1.82, 2.24) is 10.2 Å². The highest BCUT2D eigenvalue weighted by Crippen LogP contribution is 2.23. The van der Waals surface area contributed by atoms with Crippen LogP contribution in [0.25, 0.3) is 0 Å². The summed E-state index contributed by atoms with van der Waals surface area (Å²) in [4.78, 5) is 12.1. The summed E-state index contributed by atoms with van der Waals surface area (Å²) in [6.07, 6.45) is 0.584. The highest BCUT2D eigenvalue weighted by molar-refractivity contribution is 7.15. The molecule has 3 aromatic rings. The second kappa shape index (κ2) is 7.02. The molecule has 0 fully saturated rings. The fraction of sp³-hybridized carbons (Fsp3) is 0.0625. The number of hydrogen-bond acceptors (Lipinski definition) is 4. The number of amides is 1. The molecule has 0 aliphatic rings. The highest BCUT2D eigenvalue weighted by Gasteiger charge is 2.17. The average molecular weight is 366 g/mol. The second-order valence-electron chi connectivity index (χ2n) is 4.86. The van der Waals surface area contributed by atoms with E-state index in [2.05, 4.69) is 15.5 Å². The molecule has 1 amide bonds. The van der Waals surface area contributed by atoms with Gasteiger partial charge >= 0.3 is 0 Å². The Bertz CT molecular complexity index is 886. The lowest BCUT2D eigenvalue weighted by Gasteiger charge is -2.04. The van der Waals surface area contributed by atoms with Crippen molar-refractivity contribution in [2.24, 2.45) is 0 Å². The van der Waals surface area contributed by atoms with Gasteiger partial charge in [-0.1, -0.05) is 53.3 Å². The van der Waals surface area contributed by atoms with Crippen LogP contribution in [0, 0.1) is 11.6 Å². The van der Waals surface area contributed by atoms with Crippen LogP contribution in [0.15, 0.2) is 42.5 Å². The van der Waals surface area contributed by atoms with Crippen molar-refractivity contribution in [3.05, 3.63) is 75.3 Å². The van der Waals surface area contributed by atoms with Gasteiger partial charge < -0.3 is 0 Å². The van der Waals surface area contributed by atoms with E-state index < -0.39 is 17.5 Å². The van der Waals surface area contributed by atoms with E-state index in [0.717, 1.165) is 17.7 Å². The zero-order valence-electron chi connectivity index (χ0n) is 12.1. The molecule has 1 heterocycles. The highest BCUT2D eigenvalue weighted by atomic mass is 35.5. The summed E-state index contributed by atoms with van der Waals surface area (Å²) in [7, 11) is 0. The molecule has 0 saturated heterocycles. The number of hydrogen-bond donors (Lipinski definition) is 1. The smallest absolute Gasteiger partial charge is 0.259 e. The van der Waals surface area contributed by atoms with Crippen molar-refractivity contribution in [1.29, 1.82) is 0 Å². The Kier molecular flexibility index (Phi) is 4.82. The summed E-state index contributed by atoms with van der Waals surface area (Å²) in [5.74, 6) is -2.94. The van der Waals surface area contributed by atoms with Crippen LogP contribution in [0.1, 0.15) is 20.9 Å². The first-order valence-electron chi connectivity index (χ1n) is 6.85. The van der Waals surface area contributed by atoms with Crippen LogP contribution in [0.4, 0.5) is 13.9 Å². The van der Waals surface area contributed by atoms with Crippen molar-refractivity contribution in [2.75, 3.05) is 5.32 Å². The quantitative estimate of drug-likeness (QED) is 0.701. The van der Waals surface area contributed by atoms with Crippen LogP contribution in [0.3, 0.4) is 0 Å². The maximum Gasteiger partial charge on any atom is 0.259 e. The van der Waals surface area contributed by atoms with Crippen molar-refractivity contribution in [3.8, 4) is 0 Å². The Hall–Kier alpha value is -2.38. The Morgan fingerprint density at radius 2 is 1.83 bits per heavy atom. The lowest BCUT2D eigenvalue weighted by atomic mass is 10.2. The van der Waals surface area contributed by atoms with Crippen molar-refractivity contribution < 1.29 is 13.6 Å². The van der Waals surface area contributed by atoms with Gasteiger partial charge in [0.1, 0.15) is 5.01 Å². The van der Waals surface area contributed by atoms with Gasteiger partial charge in [0.15, 0.2) is 11.6 Å². The topological polar surface area (TPSA) is 54.9 Å². The molecule has 122 valence electrons. The van der Waals surface area contributed by atoms with Crippen molar-refractivity contribution in [3.63, 3.8) is 0 Å².